The molecule has 0 radical (unpaired) electrons. The minimum atomic E-state index is -4.76. The number of aliphatic carboxylic acids is 1. The number of carboxylic acid groups (broad SMARTS) is 1. The van der Waals surface area contributed by atoms with Crippen molar-refractivity contribution in [3.05, 3.63) is 28.1 Å². The van der Waals surface area contributed by atoms with Crippen LogP contribution in [0, 0.1) is 27.8 Å². The number of halogens is 4. The zero-order valence-corrected chi connectivity index (χ0v) is 12.2. The second-order valence-electron chi connectivity index (χ2n) is 5.23. The molecule has 2 atom stereocenters. The molecule has 0 spiro atoms. The Balaban J connectivity index is 2.42. The first kappa shape index (κ1) is 17.8. The van der Waals surface area contributed by atoms with Crippen LogP contribution < -0.4 is 9.64 Å². The van der Waals surface area contributed by atoms with Gasteiger partial charge in [0, 0.05) is 19.2 Å². The molecule has 1 fully saturated rings. The maximum atomic E-state index is 14.1. The Kier molecular flexibility index (Phi) is 4.54. The van der Waals surface area contributed by atoms with Crippen LogP contribution in [0.5, 0.6) is 5.75 Å². The highest BCUT2D eigenvalue weighted by Gasteiger charge is 2.53. The van der Waals surface area contributed by atoms with Crippen LogP contribution in [-0.4, -0.2) is 42.4 Å². The van der Waals surface area contributed by atoms with Crippen LogP contribution >= 0.6 is 0 Å². The van der Waals surface area contributed by atoms with E-state index >= 15 is 0 Å². The number of anilines is 1. The normalized spacial score (nSPS) is 21.0. The highest BCUT2D eigenvalue weighted by molar-refractivity contribution is 5.73. The van der Waals surface area contributed by atoms with Crippen molar-refractivity contribution < 1.29 is 37.1 Å². The van der Waals surface area contributed by atoms with Gasteiger partial charge in [-0.2, -0.15) is 13.2 Å². The van der Waals surface area contributed by atoms with Gasteiger partial charge in [0.25, 0.3) is 0 Å². The number of alkyl halides is 3. The number of nitrogens with zero attached hydrogens (tertiary/aromatic N) is 2. The lowest BCUT2D eigenvalue weighted by Gasteiger charge is -2.20. The average molecular weight is 352 g/mol. The number of hydrogen-bond acceptors (Lipinski definition) is 5. The molecule has 1 aromatic rings. The van der Waals surface area contributed by atoms with Crippen LogP contribution in [0.25, 0.3) is 0 Å². The van der Waals surface area contributed by atoms with Gasteiger partial charge in [-0.15, -0.1) is 0 Å². The maximum Gasteiger partial charge on any atom is 0.394 e. The molecule has 1 aliphatic heterocycles. The van der Waals surface area contributed by atoms with E-state index in [9.17, 15) is 32.5 Å². The van der Waals surface area contributed by atoms with E-state index in [1.807, 2.05) is 0 Å². The third kappa shape index (κ3) is 3.19. The van der Waals surface area contributed by atoms with E-state index in [-0.39, 0.29) is 11.4 Å². The molecule has 0 bridgehead atoms. The van der Waals surface area contributed by atoms with E-state index in [0.29, 0.717) is 6.07 Å². The molecule has 11 heteroatoms. The molecule has 1 aromatic carbocycles. The van der Waals surface area contributed by atoms with Gasteiger partial charge in [0.15, 0.2) is 11.6 Å². The van der Waals surface area contributed by atoms with Gasteiger partial charge >= 0.3 is 17.8 Å². The van der Waals surface area contributed by atoms with Crippen molar-refractivity contribution in [2.45, 2.75) is 6.18 Å². The lowest BCUT2D eigenvalue weighted by molar-refractivity contribution is -0.385. The van der Waals surface area contributed by atoms with Gasteiger partial charge in [0.2, 0.25) is 0 Å². The molecule has 132 valence electrons. The minimum absolute atomic E-state index is 0.335. The summed E-state index contributed by atoms with van der Waals surface area (Å²) in [7, 11) is 1.09. The summed E-state index contributed by atoms with van der Waals surface area (Å²) in [6, 6.07) is 1.43. The summed E-state index contributed by atoms with van der Waals surface area (Å²) in [5.41, 5.74) is -1.06. The van der Waals surface area contributed by atoms with Crippen molar-refractivity contribution in [2.75, 3.05) is 25.1 Å². The van der Waals surface area contributed by atoms with Crippen molar-refractivity contribution in [1.29, 1.82) is 0 Å². The fraction of sp³-hybridized carbons (Fsp3) is 0.462. The number of rotatable bonds is 4. The fourth-order valence-corrected chi connectivity index (χ4v) is 2.66. The lowest BCUT2D eigenvalue weighted by Crippen LogP contribution is -2.33. The molecule has 0 saturated carbocycles. The van der Waals surface area contributed by atoms with Gasteiger partial charge in [0.05, 0.1) is 35.6 Å². The standard InChI is InChI=1S/C13H12F4N2O5/c1-24-11-3-9(8(14)2-10(11)19(22)23)18-4-6(12(20)21)7(5-18)13(15,16)17/h2-3,6-7H,4-5H2,1H3,(H,20,21)/t6-,7-/m1/s1. The number of carbonyl (C=O) groups is 1. The van der Waals surface area contributed by atoms with Gasteiger partial charge in [0.1, 0.15) is 0 Å². The molecule has 0 aromatic heterocycles. The monoisotopic (exact) mass is 352 g/mol. The smallest absolute Gasteiger partial charge is 0.394 e. The molecule has 1 aliphatic rings. The number of benzene rings is 1. The van der Waals surface area contributed by atoms with Crippen molar-refractivity contribution in [1.82, 2.24) is 0 Å². The molecule has 0 unspecified atom stereocenters. The van der Waals surface area contributed by atoms with E-state index in [0.717, 1.165) is 18.1 Å². The predicted octanol–water partition coefficient (Wildman–Crippen LogP) is 2.44. The Bertz CT molecular complexity index is 679. The zero-order chi connectivity index (χ0) is 18.2. The Hall–Kier alpha value is -2.59. The first-order valence-corrected chi connectivity index (χ1v) is 6.62. The van der Waals surface area contributed by atoms with Crippen molar-refractivity contribution in [2.24, 2.45) is 11.8 Å². The van der Waals surface area contributed by atoms with E-state index in [1.165, 1.54) is 0 Å². The number of nitro benzene ring substituents is 1. The summed E-state index contributed by atoms with van der Waals surface area (Å²) in [5.74, 6) is -7.04. The first-order valence-electron chi connectivity index (χ1n) is 6.62. The van der Waals surface area contributed by atoms with Crippen LogP contribution in [-0.2, 0) is 4.79 Å². The molecule has 0 aliphatic carbocycles. The second kappa shape index (κ2) is 6.13. The maximum absolute atomic E-state index is 14.1. The summed E-state index contributed by atoms with van der Waals surface area (Å²) in [5, 5.41) is 19.8. The average Bonchev–Trinajstić information content (AvgIpc) is 2.92. The predicted molar refractivity (Wildman–Crippen MR) is 72.5 cm³/mol. The summed E-state index contributed by atoms with van der Waals surface area (Å²) < 4.78 is 57.8. The Morgan fingerprint density at radius 1 is 1.42 bits per heavy atom. The van der Waals surface area contributed by atoms with Crippen LogP contribution in [0.3, 0.4) is 0 Å². The highest BCUT2D eigenvalue weighted by Crippen LogP contribution is 2.42. The van der Waals surface area contributed by atoms with Gasteiger partial charge in [-0.1, -0.05) is 0 Å². The van der Waals surface area contributed by atoms with Crippen LogP contribution in [0.15, 0.2) is 12.1 Å². The second-order valence-corrected chi connectivity index (χ2v) is 5.23. The minimum Gasteiger partial charge on any atom is -0.490 e. The number of hydrogen-bond donors (Lipinski definition) is 1. The third-order valence-electron chi connectivity index (χ3n) is 3.84. The van der Waals surface area contributed by atoms with Crippen molar-refractivity contribution >= 4 is 17.3 Å². The molecular weight excluding hydrogens is 340 g/mol. The Labute approximate surface area is 132 Å². The molecule has 1 heterocycles. The van der Waals surface area contributed by atoms with Gasteiger partial charge in [-0.3, -0.25) is 14.9 Å². The highest BCUT2D eigenvalue weighted by atomic mass is 19.4. The molecule has 7 nitrogen and oxygen atoms in total. The quantitative estimate of drug-likeness (QED) is 0.508. The van der Waals surface area contributed by atoms with Crippen molar-refractivity contribution in [3.63, 3.8) is 0 Å². The summed E-state index contributed by atoms with van der Waals surface area (Å²) >= 11 is 0. The molecule has 2 rings (SSSR count). The summed E-state index contributed by atoms with van der Waals surface area (Å²) in [6.45, 7) is -1.34. The van der Waals surface area contributed by atoms with Crippen LogP contribution in [0.1, 0.15) is 0 Å². The molecule has 1 N–H and O–H groups in total. The van der Waals surface area contributed by atoms with Crippen LogP contribution in [0.4, 0.5) is 28.9 Å². The van der Waals surface area contributed by atoms with E-state index in [4.69, 9.17) is 9.84 Å². The molecule has 0 amide bonds. The van der Waals surface area contributed by atoms with E-state index in [1.54, 1.807) is 0 Å². The molecule has 1 saturated heterocycles. The number of ether oxygens (including phenoxy) is 1. The summed E-state index contributed by atoms with van der Waals surface area (Å²) in [4.78, 5) is 21.9. The van der Waals surface area contributed by atoms with Crippen LogP contribution in [0.2, 0.25) is 0 Å². The fourth-order valence-electron chi connectivity index (χ4n) is 2.66. The first-order chi connectivity index (χ1) is 11.1. The number of methoxy groups -OCH3 is 1. The number of nitro groups is 1. The SMILES string of the molecule is COc1cc(N2C[C@@H](C(F)(F)F)[C@H](C(=O)O)C2)c(F)cc1[N+](=O)[O-]. The zero-order valence-electron chi connectivity index (χ0n) is 12.2. The van der Waals surface area contributed by atoms with Gasteiger partial charge < -0.3 is 14.7 Å². The third-order valence-corrected chi connectivity index (χ3v) is 3.84. The Morgan fingerprint density at radius 2 is 2.04 bits per heavy atom. The molecular formula is C13H12F4N2O5. The van der Waals surface area contributed by atoms with Gasteiger partial charge in [-0.25, -0.2) is 4.39 Å². The number of carboxylic acids is 1. The molecule has 24 heavy (non-hydrogen) atoms. The Morgan fingerprint density at radius 3 is 2.46 bits per heavy atom. The van der Waals surface area contributed by atoms with E-state index in [2.05, 4.69) is 0 Å². The lowest BCUT2D eigenvalue weighted by atomic mass is 9.96. The topological polar surface area (TPSA) is 92.9 Å². The summed E-state index contributed by atoms with van der Waals surface area (Å²) in [6.07, 6.45) is -4.76. The van der Waals surface area contributed by atoms with Gasteiger partial charge in [-0.05, 0) is 0 Å². The van der Waals surface area contributed by atoms with E-state index < -0.39 is 53.5 Å². The van der Waals surface area contributed by atoms with Crippen molar-refractivity contribution in [3.8, 4) is 5.75 Å². The largest absolute Gasteiger partial charge is 0.490 e.